The molecule has 0 N–H and O–H groups in total. The van der Waals surface area contributed by atoms with Crippen LogP contribution in [0.3, 0.4) is 0 Å². The minimum absolute atomic E-state index is 0.187. The molecule has 1 aliphatic rings. The van der Waals surface area contributed by atoms with Gasteiger partial charge >= 0.3 is 5.97 Å². The Kier molecular flexibility index (Phi) is 6.96. The van der Waals surface area contributed by atoms with E-state index in [1.807, 2.05) is 0 Å². The minimum atomic E-state index is -0.240. The molecule has 1 amide bonds. The first-order valence-electron chi connectivity index (χ1n) is 9.68. The Labute approximate surface area is 185 Å². The molecule has 0 saturated carbocycles. The van der Waals surface area contributed by atoms with Gasteiger partial charge in [-0.25, -0.2) is 4.98 Å². The van der Waals surface area contributed by atoms with Crippen molar-refractivity contribution in [1.82, 2.24) is 9.88 Å². The van der Waals surface area contributed by atoms with Crippen molar-refractivity contribution < 1.29 is 14.3 Å². The van der Waals surface area contributed by atoms with Crippen LogP contribution < -0.4 is 0 Å². The molecule has 1 aromatic carbocycles. The molecule has 0 bridgehead atoms. The number of rotatable bonds is 4. The first-order valence-corrected chi connectivity index (χ1v) is 10.4. The molecular weight excluding hydrogens is 425 g/mol. The predicted molar refractivity (Wildman–Crippen MR) is 114 cm³/mol. The fourth-order valence-corrected chi connectivity index (χ4v) is 4.09. The molecule has 6 nitrogen and oxygen atoms in total. The maximum Gasteiger partial charge on any atom is 0.309 e. The Morgan fingerprint density at radius 2 is 1.93 bits per heavy atom. The maximum absolute atomic E-state index is 13.1. The van der Waals surface area contributed by atoms with Crippen molar-refractivity contribution in [3.8, 4) is 17.2 Å². The van der Waals surface area contributed by atoms with E-state index >= 15 is 0 Å². The van der Waals surface area contributed by atoms with Crippen molar-refractivity contribution in [2.75, 3.05) is 19.7 Å². The molecule has 8 heteroatoms. The fourth-order valence-electron chi connectivity index (χ4n) is 3.58. The third-order valence-corrected chi connectivity index (χ3v) is 5.70. The number of aryl methyl sites for hydroxylation is 1. The highest BCUT2D eigenvalue weighted by atomic mass is 35.5. The SMILES string of the molecule is CCOC(=O)C1CCN(C(=O)c2cc(-c3ccc(Cl)cc3Cl)c(C#N)c(C)n2)CC1. The van der Waals surface area contributed by atoms with Gasteiger partial charge in [-0.2, -0.15) is 5.26 Å². The Balaban J connectivity index is 1.88. The van der Waals surface area contributed by atoms with Gasteiger partial charge in [0.25, 0.3) is 5.91 Å². The molecule has 0 radical (unpaired) electrons. The van der Waals surface area contributed by atoms with Crippen LogP contribution in [0.2, 0.25) is 10.0 Å². The predicted octanol–water partition coefficient (Wildman–Crippen LogP) is 4.65. The Morgan fingerprint density at radius 3 is 2.53 bits per heavy atom. The van der Waals surface area contributed by atoms with Crippen LogP contribution in [-0.2, 0) is 9.53 Å². The summed E-state index contributed by atoms with van der Waals surface area (Å²) in [5.41, 5.74) is 2.19. The molecule has 2 heterocycles. The second kappa shape index (κ2) is 9.46. The molecule has 2 aromatic rings. The molecule has 0 unspecified atom stereocenters. The summed E-state index contributed by atoms with van der Waals surface area (Å²) < 4.78 is 5.08. The van der Waals surface area contributed by atoms with Gasteiger partial charge in [0.05, 0.1) is 23.8 Å². The monoisotopic (exact) mass is 445 g/mol. The van der Waals surface area contributed by atoms with E-state index < -0.39 is 0 Å². The molecule has 1 aliphatic heterocycles. The van der Waals surface area contributed by atoms with E-state index in [4.69, 9.17) is 27.9 Å². The number of hydrogen-bond donors (Lipinski definition) is 0. The number of carbonyl (C=O) groups is 2. The van der Waals surface area contributed by atoms with Crippen LogP contribution in [0.5, 0.6) is 0 Å². The summed E-state index contributed by atoms with van der Waals surface area (Å²) in [5.74, 6) is -0.638. The summed E-state index contributed by atoms with van der Waals surface area (Å²) >= 11 is 12.3. The number of pyridine rings is 1. The van der Waals surface area contributed by atoms with Crippen LogP contribution in [0.15, 0.2) is 24.3 Å². The number of esters is 1. The van der Waals surface area contributed by atoms with Gasteiger partial charge < -0.3 is 9.64 Å². The zero-order valence-electron chi connectivity index (χ0n) is 16.7. The lowest BCUT2D eigenvalue weighted by molar-refractivity contribution is -0.149. The average molecular weight is 446 g/mol. The van der Waals surface area contributed by atoms with E-state index in [9.17, 15) is 14.9 Å². The number of piperidine rings is 1. The number of carbonyl (C=O) groups excluding carboxylic acids is 2. The molecule has 30 heavy (non-hydrogen) atoms. The molecule has 0 aliphatic carbocycles. The van der Waals surface area contributed by atoms with Crippen molar-refractivity contribution in [1.29, 1.82) is 5.26 Å². The Bertz CT molecular complexity index is 1030. The third-order valence-electron chi connectivity index (χ3n) is 5.15. The van der Waals surface area contributed by atoms with Crippen molar-refractivity contribution in [2.24, 2.45) is 5.92 Å². The van der Waals surface area contributed by atoms with E-state index in [1.54, 1.807) is 43.0 Å². The van der Waals surface area contributed by atoms with Gasteiger partial charge in [-0.15, -0.1) is 0 Å². The number of halogens is 2. The number of ether oxygens (including phenoxy) is 1. The normalized spacial score (nSPS) is 14.3. The number of nitriles is 1. The minimum Gasteiger partial charge on any atom is -0.466 e. The molecule has 1 aromatic heterocycles. The summed E-state index contributed by atoms with van der Waals surface area (Å²) in [7, 11) is 0. The van der Waals surface area contributed by atoms with Gasteiger partial charge in [-0.05, 0) is 44.9 Å². The number of hydrogen-bond acceptors (Lipinski definition) is 5. The molecule has 3 rings (SSSR count). The van der Waals surface area contributed by atoms with E-state index in [0.717, 1.165) is 0 Å². The largest absolute Gasteiger partial charge is 0.466 e. The third kappa shape index (κ3) is 4.58. The molecule has 0 spiro atoms. The van der Waals surface area contributed by atoms with Gasteiger partial charge in [-0.3, -0.25) is 9.59 Å². The van der Waals surface area contributed by atoms with Crippen LogP contribution >= 0.6 is 23.2 Å². The van der Waals surface area contributed by atoms with Gasteiger partial charge in [0, 0.05) is 34.3 Å². The highest BCUT2D eigenvalue weighted by Crippen LogP contribution is 2.34. The molecule has 0 atom stereocenters. The zero-order chi connectivity index (χ0) is 21.8. The standard InChI is InChI=1S/C22H21Cl2N3O3/c1-3-30-22(29)14-6-8-27(9-7-14)21(28)20-11-17(18(12-25)13(2)26-20)16-5-4-15(23)10-19(16)24/h4-5,10-11,14H,3,6-9H2,1-2H3. The number of benzene rings is 1. The molecular formula is C22H21Cl2N3O3. The lowest BCUT2D eigenvalue weighted by Crippen LogP contribution is -2.41. The van der Waals surface area contributed by atoms with E-state index in [-0.39, 0.29) is 23.5 Å². The first-order chi connectivity index (χ1) is 14.3. The zero-order valence-corrected chi connectivity index (χ0v) is 18.3. The Hall–Kier alpha value is -2.62. The number of nitrogens with zero attached hydrogens (tertiary/aromatic N) is 3. The second-order valence-electron chi connectivity index (χ2n) is 7.07. The molecule has 156 valence electrons. The van der Waals surface area contributed by atoms with Crippen LogP contribution in [0.4, 0.5) is 0 Å². The highest BCUT2D eigenvalue weighted by molar-refractivity contribution is 6.36. The quantitative estimate of drug-likeness (QED) is 0.639. The highest BCUT2D eigenvalue weighted by Gasteiger charge is 2.29. The summed E-state index contributed by atoms with van der Waals surface area (Å²) in [6, 6.07) is 8.75. The first kappa shape index (κ1) is 22.1. The topological polar surface area (TPSA) is 83.3 Å². The number of amides is 1. The van der Waals surface area contributed by atoms with Gasteiger partial charge in [-0.1, -0.05) is 29.3 Å². The molecule has 1 fully saturated rings. The van der Waals surface area contributed by atoms with Crippen LogP contribution in [-0.4, -0.2) is 41.5 Å². The second-order valence-corrected chi connectivity index (χ2v) is 7.91. The van der Waals surface area contributed by atoms with E-state index in [2.05, 4.69) is 11.1 Å². The van der Waals surface area contributed by atoms with Gasteiger partial charge in [0.1, 0.15) is 11.8 Å². The number of likely N-dealkylation sites (tertiary alicyclic amines) is 1. The summed E-state index contributed by atoms with van der Waals surface area (Å²) in [5, 5.41) is 10.5. The van der Waals surface area contributed by atoms with E-state index in [0.29, 0.717) is 65.0 Å². The lowest BCUT2D eigenvalue weighted by Gasteiger charge is -2.30. The van der Waals surface area contributed by atoms with Crippen molar-refractivity contribution in [2.45, 2.75) is 26.7 Å². The van der Waals surface area contributed by atoms with Crippen LogP contribution in [0.1, 0.15) is 41.5 Å². The molecule has 1 saturated heterocycles. The van der Waals surface area contributed by atoms with Crippen LogP contribution in [0, 0.1) is 24.2 Å². The number of aromatic nitrogens is 1. The van der Waals surface area contributed by atoms with Gasteiger partial charge in [0.15, 0.2) is 0 Å². The summed E-state index contributed by atoms with van der Waals surface area (Å²) in [6.07, 6.45) is 1.10. The smallest absolute Gasteiger partial charge is 0.309 e. The summed E-state index contributed by atoms with van der Waals surface area (Å²) in [4.78, 5) is 31.1. The fraction of sp³-hybridized carbons (Fsp3) is 0.364. The van der Waals surface area contributed by atoms with E-state index in [1.165, 1.54) is 0 Å². The lowest BCUT2D eigenvalue weighted by atomic mass is 9.96. The van der Waals surface area contributed by atoms with Crippen LogP contribution in [0.25, 0.3) is 11.1 Å². The van der Waals surface area contributed by atoms with Crippen molar-refractivity contribution >= 4 is 35.1 Å². The summed E-state index contributed by atoms with van der Waals surface area (Å²) in [6.45, 7) is 4.71. The van der Waals surface area contributed by atoms with Gasteiger partial charge in [0.2, 0.25) is 0 Å². The maximum atomic E-state index is 13.1. The van der Waals surface area contributed by atoms with Crippen molar-refractivity contribution in [3.63, 3.8) is 0 Å². The van der Waals surface area contributed by atoms with Crippen molar-refractivity contribution in [3.05, 3.63) is 51.3 Å². The Morgan fingerprint density at radius 1 is 1.23 bits per heavy atom. The average Bonchev–Trinajstić information content (AvgIpc) is 2.73.